The summed E-state index contributed by atoms with van der Waals surface area (Å²) in [4.78, 5) is 15.3. The monoisotopic (exact) mass is 457 g/mol. The number of carboxylic acids is 1. The third kappa shape index (κ3) is 6.37. The lowest BCUT2D eigenvalue weighted by molar-refractivity contribution is -0.275. The predicted molar refractivity (Wildman–Crippen MR) is 99.8 cm³/mol. The lowest BCUT2D eigenvalue weighted by atomic mass is 9.97. The largest absolute Gasteiger partial charge is 0.573 e. The predicted octanol–water partition coefficient (Wildman–Crippen LogP) is 5.84. The Morgan fingerprint density at radius 3 is 1.88 bits per heavy atom. The van der Waals surface area contributed by atoms with Crippen molar-refractivity contribution in [1.29, 1.82) is 0 Å². The Morgan fingerprint density at radius 1 is 0.812 bits per heavy atom. The Kier molecular flexibility index (Phi) is 6.28. The van der Waals surface area contributed by atoms with Gasteiger partial charge in [0, 0.05) is 17.3 Å². The van der Waals surface area contributed by atoms with Crippen LogP contribution >= 0.6 is 0 Å². The lowest BCUT2D eigenvalue weighted by Crippen LogP contribution is -2.17. The van der Waals surface area contributed by atoms with Crippen LogP contribution in [0.2, 0.25) is 0 Å². The molecule has 2 aromatic carbocycles. The molecular weight excluding hydrogens is 444 g/mol. The summed E-state index contributed by atoms with van der Waals surface area (Å²) in [6, 6.07) is 11.3. The SMILES string of the molecule is O=C(O)Cc1ncc(-c2cccc(OC(F)(F)F)c2)cc1-c1cccc(OC(F)(F)F)c1. The van der Waals surface area contributed by atoms with Crippen LogP contribution in [0.25, 0.3) is 22.3 Å². The van der Waals surface area contributed by atoms with Gasteiger partial charge in [0.15, 0.2) is 0 Å². The van der Waals surface area contributed by atoms with Gasteiger partial charge in [0.05, 0.1) is 12.1 Å². The molecule has 0 unspecified atom stereocenters. The fourth-order valence-corrected chi connectivity index (χ4v) is 2.92. The van der Waals surface area contributed by atoms with Crippen LogP contribution in [0.4, 0.5) is 26.3 Å². The van der Waals surface area contributed by atoms with Crippen LogP contribution in [0, 0.1) is 0 Å². The fraction of sp³-hybridized carbons (Fsp3) is 0.143. The van der Waals surface area contributed by atoms with Gasteiger partial charge < -0.3 is 14.6 Å². The fourth-order valence-electron chi connectivity index (χ4n) is 2.92. The molecule has 1 aromatic heterocycles. The molecule has 0 amide bonds. The van der Waals surface area contributed by atoms with Crippen molar-refractivity contribution in [2.75, 3.05) is 0 Å². The van der Waals surface area contributed by atoms with E-state index in [0.717, 1.165) is 24.3 Å². The normalized spacial score (nSPS) is 11.8. The Morgan fingerprint density at radius 2 is 1.34 bits per heavy atom. The van der Waals surface area contributed by atoms with Crippen LogP contribution in [0.3, 0.4) is 0 Å². The Bertz CT molecular complexity index is 1130. The third-order valence-electron chi connectivity index (χ3n) is 4.07. The molecule has 1 heterocycles. The van der Waals surface area contributed by atoms with Crippen LogP contribution in [0.1, 0.15) is 5.69 Å². The molecule has 0 atom stereocenters. The minimum absolute atomic E-state index is 0.0492. The molecule has 0 fully saturated rings. The maximum absolute atomic E-state index is 12.6. The number of hydrogen-bond acceptors (Lipinski definition) is 4. The van der Waals surface area contributed by atoms with Gasteiger partial charge in [0.2, 0.25) is 0 Å². The van der Waals surface area contributed by atoms with Gasteiger partial charge in [-0.25, -0.2) is 0 Å². The van der Waals surface area contributed by atoms with Crippen LogP contribution in [0.5, 0.6) is 11.5 Å². The molecule has 168 valence electrons. The second-order valence-corrected chi connectivity index (χ2v) is 6.44. The van der Waals surface area contributed by atoms with E-state index >= 15 is 0 Å². The number of carbonyl (C=O) groups is 1. The summed E-state index contributed by atoms with van der Waals surface area (Å²) < 4.78 is 83.0. The van der Waals surface area contributed by atoms with Crippen molar-refractivity contribution in [2.45, 2.75) is 19.1 Å². The van der Waals surface area contributed by atoms with Crippen LogP contribution in [-0.2, 0) is 11.2 Å². The molecule has 5 nitrogen and oxygen atoms in total. The van der Waals surface area contributed by atoms with E-state index in [1.54, 1.807) is 0 Å². The Balaban J connectivity index is 2.06. The molecule has 0 aliphatic heterocycles. The summed E-state index contributed by atoms with van der Waals surface area (Å²) in [6.45, 7) is 0. The summed E-state index contributed by atoms with van der Waals surface area (Å²) in [5.74, 6) is -2.23. The van der Waals surface area contributed by atoms with Crippen LogP contribution < -0.4 is 9.47 Å². The molecule has 0 spiro atoms. The molecule has 0 bridgehead atoms. The van der Waals surface area contributed by atoms with Crippen LogP contribution in [-0.4, -0.2) is 28.8 Å². The zero-order valence-corrected chi connectivity index (χ0v) is 15.9. The van der Waals surface area contributed by atoms with Crippen molar-refractivity contribution in [3.8, 4) is 33.8 Å². The number of rotatable bonds is 6. The third-order valence-corrected chi connectivity index (χ3v) is 4.07. The van der Waals surface area contributed by atoms with Gasteiger partial charge >= 0.3 is 18.7 Å². The molecule has 0 saturated heterocycles. The lowest BCUT2D eigenvalue weighted by Gasteiger charge is -2.14. The first-order valence-corrected chi connectivity index (χ1v) is 8.83. The molecule has 3 rings (SSSR count). The van der Waals surface area contributed by atoms with E-state index in [4.69, 9.17) is 5.11 Å². The molecular formula is C21H13F6NO4. The second kappa shape index (κ2) is 8.77. The second-order valence-electron chi connectivity index (χ2n) is 6.44. The smallest absolute Gasteiger partial charge is 0.481 e. The first-order chi connectivity index (χ1) is 14.9. The number of pyridine rings is 1. The number of nitrogens with zero attached hydrogens (tertiary/aromatic N) is 1. The maximum Gasteiger partial charge on any atom is 0.573 e. The molecule has 1 N–H and O–H groups in total. The highest BCUT2D eigenvalue weighted by Gasteiger charge is 2.32. The van der Waals surface area contributed by atoms with E-state index in [1.165, 1.54) is 36.5 Å². The van der Waals surface area contributed by atoms with Gasteiger partial charge in [-0.15, -0.1) is 26.3 Å². The average Bonchev–Trinajstić information content (AvgIpc) is 2.65. The molecule has 0 aliphatic rings. The number of alkyl halides is 6. The minimum Gasteiger partial charge on any atom is -0.481 e. The number of hydrogen-bond donors (Lipinski definition) is 1. The highest BCUT2D eigenvalue weighted by atomic mass is 19.4. The zero-order chi connectivity index (χ0) is 23.5. The van der Waals surface area contributed by atoms with Crippen molar-refractivity contribution >= 4 is 5.97 Å². The highest BCUT2D eigenvalue weighted by molar-refractivity contribution is 5.79. The van der Waals surface area contributed by atoms with E-state index in [-0.39, 0.29) is 22.4 Å². The summed E-state index contributed by atoms with van der Waals surface area (Å²) in [5, 5.41) is 9.14. The van der Waals surface area contributed by atoms with Gasteiger partial charge in [0.1, 0.15) is 11.5 Å². The van der Waals surface area contributed by atoms with Crippen LogP contribution in [0.15, 0.2) is 60.8 Å². The number of aliphatic carboxylic acids is 1. The van der Waals surface area contributed by atoms with E-state index < -0.39 is 36.6 Å². The van der Waals surface area contributed by atoms with Gasteiger partial charge in [-0.3, -0.25) is 9.78 Å². The molecule has 32 heavy (non-hydrogen) atoms. The number of ether oxygens (including phenoxy) is 2. The van der Waals surface area contributed by atoms with Crippen molar-refractivity contribution in [1.82, 2.24) is 4.98 Å². The molecule has 11 heteroatoms. The van der Waals surface area contributed by atoms with E-state index in [9.17, 15) is 31.1 Å². The molecule has 0 aliphatic carbocycles. The zero-order valence-electron chi connectivity index (χ0n) is 15.9. The van der Waals surface area contributed by atoms with E-state index in [0.29, 0.717) is 5.56 Å². The number of halogens is 6. The highest BCUT2D eigenvalue weighted by Crippen LogP contribution is 2.34. The van der Waals surface area contributed by atoms with Crippen molar-refractivity contribution in [2.24, 2.45) is 0 Å². The van der Waals surface area contributed by atoms with Crippen molar-refractivity contribution in [3.63, 3.8) is 0 Å². The average molecular weight is 457 g/mol. The number of carboxylic acid groups (broad SMARTS) is 1. The van der Waals surface area contributed by atoms with Gasteiger partial charge in [0.25, 0.3) is 0 Å². The van der Waals surface area contributed by atoms with E-state index in [2.05, 4.69) is 14.5 Å². The summed E-state index contributed by atoms with van der Waals surface area (Å²) in [5.41, 5.74) is 0.974. The first-order valence-electron chi connectivity index (χ1n) is 8.83. The maximum atomic E-state index is 12.6. The topological polar surface area (TPSA) is 68.7 Å². The molecule has 0 radical (unpaired) electrons. The summed E-state index contributed by atoms with van der Waals surface area (Å²) in [7, 11) is 0. The quantitative estimate of drug-likeness (QED) is 0.471. The van der Waals surface area contributed by atoms with Gasteiger partial charge in [-0.05, 0) is 41.5 Å². The van der Waals surface area contributed by atoms with Gasteiger partial charge in [-0.1, -0.05) is 24.3 Å². The van der Waals surface area contributed by atoms with Gasteiger partial charge in [-0.2, -0.15) is 0 Å². The molecule has 0 saturated carbocycles. The summed E-state index contributed by atoms with van der Waals surface area (Å²) in [6.07, 6.45) is -9.10. The summed E-state index contributed by atoms with van der Waals surface area (Å²) >= 11 is 0. The first kappa shape index (κ1) is 22.9. The van der Waals surface area contributed by atoms with Crippen molar-refractivity contribution < 1.29 is 45.7 Å². The number of benzene rings is 2. The molecule has 3 aromatic rings. The van der Waals surface area contributed by atoms with Crippen molar-refractivity contribution in [3.05, 3.63) is 66.5 Å². The minimum atomic E-state index is -4.93. The Labute approximate surface area is 176 Å². The number of aromatic nitrogens is 1. The standard InChI is InChI=1S/C21H13F6NO4/c22-20(23,24)31-15-5-1-3-12(7-15)14-9-17(18(28-11-14)10-19(29)30)13-4-2-6-16(8-13)32-21(25,26)27/h1-9,11H,10H2,(H,29,30). The van der Waals surface area contributed by atoms with E-state index in [1.807, 2.05) is 0 Å². The Hall–Kier alpha value is -3.76.